The average Bonchev–Trinajstić information content (AvgIpc) is 3.11. The summed E-state index contributed by atoms with van der Waals surface area (Å²) in [7, 11) is 0. The predicted molar refractivity (Wildman–Crippen MR) is 99.0 cm³/mol. The van der Waals surface area contributed by atoms with Gasteiger partial charge in [-0.1, -0.05) is 0 Å². The third-order valence-corrected chi connectivity index (χ3v) is 3.73. The Balaban J connectivity index is 1.50. The Morgan fingerprint density at radius 2 is 2.00 bits per heavy atom. The Kier molecular flexibility index (Phi) is 5.58. The van der Waals surface area contributed by atoms with Crippen LogP contribution in [0.15, 0.2) is 47.6 Å². The molecule has 0 aliphatic carbocycles. The van der Waals surface area contributed by atoms with Crippen molar-refractivity contribution in [3.05, 3.63) is 48.0 Å². The van der Waals surface area contributed by atoms with Crippen LogP contribution in [0.1, 0.15) is 19.4 Å². The number of ether oxygens (including phenoxy) is 3. The third-order valence-electron chi connectivity index (χ3n) is 3.73. The Labute approximate surface area is 152 Å². The molecule has 7 nitrogen and oxygen atoms in total. The van der Waals surface area contributed by atoms with Crippen LogP contribution in [-0.2, 0) is 4.79 Å². The van der Waals surface area contributed by atoms with E-state index in [-0.39, 0.29) is 12.7 Å². The van der Waals surface area contributed by atoms with Crippen molar-refractivity contribution in [3.63, 3.8) is 0 Å². The number of anilines is 1. The van der Waals surface area contributed by atoms with Crippen LogP contribution in [0.5, 0.6) is 17.2 Å². The number of carbonyl (C=O) groups excluding carboxylic acids is 1. The first-order valence-corrected chi connectivity index (χ1v) is 8.37. The van der Waals surface area contributed by atoms with Gasteiger partial charge in [-0.15, -0.1) is 0 Å². The van der Waals surface area contributed by atoms with Crippen molar-refractivity contribution in [1.29, 1.82) is 0 Å². The van der Waals surface area contributed by atoms with Gasteiger partial charge in [0.2, 0.25) is 6.79 Å². The summed E-state index contributed by atoms with van der Waals surface area (Å²) in [6.07, 6.45) is 1.56. The first-order chi connectivity index (χ1) is 12.7. The zero-order valence-corrected chi connectivity index (χ0v) is 14.7. The van der Waals surface area contributed by atoms with Crippen molar-refractivity contribution in [2.45, 2.75) is 19.9 Å². The number of carbonyl (C=O) groups is 1. The van der Waals surface area contributed by atoms with E-state index in [0.29, 0.717) is 18.1 Å². The number of fused-ring (bicyclic) bond motifs is 1. The maximum absolute atomic E-state index is 12.1. The molecule has 2 N–H and O–H groups in total. The van der Waals surface area contributed by atoms with Crippen molar-refractivity contribution in [1.82, 2.24) is 5.43 Å². The number of benzene rings is 2. The topological polar surface area (TPSA) is 81.2 Å². The summed E-state index contributed by atoms with van der Waals surface area (Å²) in [5.74, 6) is 1.93. The highest BCUT2D eigenvalue weighted by molar-refractivity contribution is 5.86. The lowest BCUT2D eigenvalue weighted by Crippen LogP contribution is -2.34. The highest BCUT2D eigenvalue weighted by atomic mass is 16.7. The van der Waals surface area contributed by atoms with E-state index in [9.17, 15) is 4.79 Å². The molecule has 2 aromatic rings. The zero-order valence-electron chi connectivity index (χ0n) is 14.7. The summed E-state index contributed by atoms with van der Waals surface area (Å²) in [5.41, 5.74) is 4.16. The van der Waals surface area contributed by atoms with Crippen LogP contribution in [0.3, 0.4) is 0 Å². The minimum Gasteiger partial charge on any atom is -0.494 e. The van der Waals surface area contributed by atoms with Crippen LogP contribution in [-0.4, -0.2) is 31.6 Å². The van der Waals surface area contributed by atoms with Crippen LogP contribution < -0.4 is 25.0 Å². The molecule has 1 aliphatic heterocycles. The van der Waals surface area contributed by atoms with Gasteiger partial charge in [0.1, 0.15) is 11.8 Å². The summed E-state index contributed by atoms with van der Waals surface area (Å²) in [4.78, 5) is 12.1. The van der Waals surface area contributed by atoms with Crippen molar-refractivity contribution in [2.24, 2.45) is 5.10 Å². The molecule has 1 amide bonds. The number of hydrogen-bond donors (Lipinski definition) is 2. The van der Waals surface area contributed by atoms with Gasteiger partial charge in [-0.3, -0.25) is 4.79 Å². The fourth-order valence-electron chi connectivity index (χ4n) is 2.39. The van der Waals surface area contributed by atoms with E-state index in [2.05, 4.69) is 15.8 Å². The average molecular weight is 355 g/mol. The van der Waals surface area contributed by atoms with Crippen molar-refractivity contribution < 1.29 is 19.0 Å². The summed E-state index contributed by atoms with van der Waals surface area (Å²) < 4.78 is 16.0. The molecular weight excluding hydrogens is 334 g/mol. The number of amides is 1. The molecule has 0 fully saturated rings. The van der Waals surface area contributed by atoms with E-state index in [1.807, 2.05) is 43.3 Å². The van der Waals surface area contributed by atoms with E-state index in [1.165, 1.54) is 0 Å². The van der Waals surface area contributed by atoms with Gasteiger partial charge in [0.25, 0.3) is 5.91 Å². The summed E-state index contributed by atoms with van der Waals surface area (Å²) in [5, 5.41) is 7.10. The van der Waals surface area contributed by atoms with Gasteiger partial charge in [0.15, 0.2) is 11.5 Å². The normalized spacial score (nSPS) is 13.5. The van der Waals surface area contributed by atoms with Crippen molar-refractivity contribution in [2.75, 3.05) is 18.7 Å². The van der Waals surface area contributed by atoms with Gasteiger partial charge < -0.3 is 19.5 Å². The second kappa shape index (κ2) is 8.24. The molecule has 26 heavy (non-hydrogen) atoms. The third kappa shape index (κ3) is 4.44. The molecule has 1 aliphatic rings. The van der Waals surface area contributed by atoms with Gasteiger partial charge in [0, 0.05) is 5.69 Å². The van der Waals surface area contributed by atoms with Crippen molar-refractivity contribution in [3.8, 4) is 17.2 Å². The van der Waals surface area contributed by atoms with Gasteiger partial charge in [-0.05, 0) is 61.9 Å². The predicted octanol–water partition coefficient (Wildman–Crippen LogP) is 2.76. The number of nitrogens with zero attached hydrogens (tertiary/aromatic N) is 1. The molecule has 0 saturated carbocycles. The van der Waals surface area contributed by atoms with E-state index >= 15 is 0 Å². The molecular formula is C19H21N3O4. The largest absolute Gasteiger partial charge is 0.494 e. The summed E-state index contributed by atoms with van der Waals surface area (Å²) >= 11 is 0. The lowest BCUT2D eigenvalue weighted by molar-refractivity contribution is -0.121. The minimum atomic E-state index is -0.443. The molecule has 0 aromatic heterocycles. The molecule has 2 aromatic carbocycles. The quantitative estimate of drug-likeness (QED) is 0.590. The van der Waals surface area contributed by atoms with Gasteiger partial charge >= 0.3 is 0 Å². The monoisotopic (exact) mass is 355 g/mol. The minimum absolute atomic E-state index is 0.224. The zero-order chi connectivity index (χ0) is 18.4. The summed E-state index contributed by atoms with van der Waals surface area (Å²) in [6, 6.07) is 12.4. The van der Waals surface area contributed by atoms with Crippen LogP contribution in [0.2, 0.25) is 0 Å². The maximum atomic E-state index is 12.1. The fourth-order valence-corrected chi connectivity index (χ4v) is 2.39. The van der Waals surface area contributed by atoms with Gasteiger partial charge in [0.05, 0.1) is 12.8 Å². The molecule has 136 valence electrons. The van der Waals surface area contributed by atoms with Crippen LogP contribution in [0.25, 0.3) is 0 Å². The van der Waals surface area contributed by atoms with E-state index in [4.69, 9.17) is 14.2 Å². The van der Waals surface area contributed by atoms with E-state index in [0.717, 1.165) is 17.0 Å². The SMILES string of the molecule is CCOc1ccc(N[C@H](C)C(=O)N/N=C\c2ccc3c(c2)OCO3)cc1. The van der Waals surface area contributed by atoms with Crippen LogP contribution >= 0.6 is 0 Å². The fraction of sp³-hybridized carbons (Fsp3) is 0.263. The Morgan fingerprint density at radius 1 is 1.23 bits per heavy atom. The van der Waals surface area contributed by atoms with Gasteiger partial charge in [-0.25, -0.2) is 5.43 Å². The Hall–Kier alpha value is -3.22. The molecule has 1 atom stereocenters. The smallest absolute Gasteiger partial charge is 0.262 e. The first kappa shape index (κ1) is 17.6. The number of hydrazone groups is 1. The maximum Gasteiger partial charge on any atom is 0.262 e. The lowest BCUT2D eigenvalue weighted by atomic mass is 10.2. The molecule has 0 radical (unpaired) electrons. The molecule has 7 heteroatoms. The Morgan fingerprint density at radius 3 is 2.77 bits per heavy atom. The van der Waals surface area contributed by atoms with Gasteiger partial charge in [-0.2, -0.15) is 5.10 Å². The second-order valence-electron chi connectivity index (χ2n) is 5.67. The molecule has 0 spiro atoms. The standard InChI is InChI=1S/C19H21N3O4/c1-3-24-16-7-5-15(6-8-16)21-13(2)19(23)22-20-11-14-4-9-17-18(10-14)26-12-25-17/h4-11,13,21H,3,12H2,1-2H3,(H,22,23)/b20-11-/t13-/m1/s1. The molecule has 0 unspecified atom stereocenters. The molecule has 1 heterocycles. The number of hydrogen-bond acceptors (Lipinski definition) is 6. The number of rotatable bonds is 7. The Bertz CT molecular complexity index is 790. The molecule has 3 rings (SSSR count). The van der Waals surface area contributed by atoms with E-state index < -0.39 is 6.04 Å². The lowest BCUT2D eigenvalue weighted by Gasteiger charge is -2.14. The highest BCUT2D eigenvalue weighted by Gasteiger charge is 2.13. The molecule has 0 saturated heterocycles. The van der Waals surface area contributed by atoms with Crippen LogP contribution in [0.4, 0.5) is 5.69 Å². The second-order valence-corrected chi connectivity index (χ2v) is 5.67. The number of nitrogens with one attached hydrogen (secondary N) is 2. The van der Waals surface area contributed by atoms with Crippen LogP contribution in [0, 0.1) is 0 Å². The summed E-state index contributed by atoms with van der Waals surface area (Å²) in [6.45, 7) is 4.54. The highest BCUT2D eigenvalue weighted by Crippen LogP contribution is 2.31. The van der Waals surface area contributed by atoms with Crippen molar-refractivity contribution >= 4 is 17.8 Å². The van der Waals surface area contributed by atoms with E-state index in [1.54, 1.807) is 19.2 Å². The first-order valence-electron chi connectivity index (χ1n) is 8.37. The molecule has 0 bridgehead atoms.